The van der Waals surface area contributed by atoms with Crippen LogP contribution in [0.25, 0.3) is 0 Å². The van der Waals surface area contributed by atoms with Crippen LogP contribution in [0.1, 0.15) is 63.6 Å². The van der Waals surface area contributed by atoms with Gasteiger partial charge in [0, 0.05) is 37.1 Å². The maximum atomic E-state index is 5.86. The van der Waals surface area contributed by atoms with Gasteiger partial charge in [0.15, 0.2) is 5.11 Å². The minimum Gasteiger partial charge on any atom is -0.371 e. The van der Waals surface area contributed by atoms with Crippen molar-refractivity contribution in [2.24, 2.45) is 0 Å². The maximum Gasteiger partial charge on any atom is 0.173 e. The molecule has 2 aromatic carbocycles. The number of aryl methyl sites for hydroxylation is 2. The molecule has 1 N–H and O–H groups in total. The summed E-state index contributed by atoms with van der Waals surface area (Å²) in [5.74, 6) is 0. The summed E-state index contributed by atoms with van der Waals surface area (Å²) in [5, 5.41) is 4.30. The Balaban J connectivity index is 1.77. The monoisotopic (exact) mass is 423 g/mol. The van der Waals surface area contributed by atoms with Crippen LogP contribution >= 0.6 is 12.2 Å². The predicted molar refractivity (Wildman–Crippen MR) is 135 cm³/mol. The summed E-state index contributed by atoms with van der Waals surface area (Å²) in [6.45, 7) is 12.1. The first-order chi connectivity index (χ1) is 14.5. The second kappa shape index (κ2) is 10.8. The Morgan fingerprint density at radius 3 is 2.70 bits per heavy atom. The van der Waals surface area contributed by atoms with Crippen molar-refractivity contribution in [3.8, 4) is 0 Å². The molecule has 4 heteroatoms. The average Bonchev–Trinajstić information content (AvgIpc) is 2.77. The molecule has 30 heavy (non-hydrogen) atoms. The molecule has 1 unspecified atom stereocenters. The van der Waals surface area contributed by atoms with Crippen LogP contribution in [0.5, 0.6) is 0 Å². The van der Waals surface area contributed by atoms with Crippen LogP contribution in [-0.2, 0) is 19.4 Å². The molecular weight excluding hydrogens is 386 g/mol. The van der Waals surface area contributed by atoms with Crippen molar-refractivity contribution in [1.29, 1.82) is 0 Å². The van der Waals surface area contributed by atoms with Gasteiger partial charge in [-0.1, -0.05) is 45.0 Å². The Morgan fingerprint density at radius 1 is 1.13 bits per heavy atom. The standard InChI is InChI=1S/C26H37N3S/c1-5-15-28-16-9-11-23-17-22(13-14-25(23)28)19-29(20(4)6-2)26(30)27-24-12-8-10-21(7-3)18-24/h8,10,12-14,17-18,20H,5-7,9,11,15-16,19H2,1-4H3,(H,27,30). The number of hydrogen-bond donors (Lipinski definition) is 1. The lowest BCUT2D eigenvalue weighted by molar-refractivity contribution is 0.319. The number of nitrogens with one attached hydrogen (secondary N) is 1. The lowest BCUT2D eigenvalue weighted by Crippen LogP contribution is -2.40. The van der Waals surface area contributed by atoms with Crippen molar-refractivity contribution in [3.05, 3.63) is 59.2 Å². The zero-order valence-electron chi connectivity index (χ0n) is 19.1. The van der Waals surface area contributed by atoms with Gasteiger partial charge in [0.1, 0.15) is 0 Å². The third kappa shape index (κ3) is 5.54. The normalized spacial score (nSPS) is 14.2. The summed E-state index contributed by atoms with van der Waals surface area (Å²) in [6.07, 6.45) is 5.72. The summed E-state index contributed by atoms with van der Waals surface area (Å²) in [4.78, 5) is 4.88. The van der Waals surface area contributed by atoms with E-state index in [0.717, 1.165) is 36.7 Å². The molecular formula is C26H37N3S. The van der Waals surface area contributed by atoms with Gasteiger partial charge in [-0.3, -0.25) is 0 Å². The van der Waals surface area contributed by atoms with Crippen LogP contribution in [0.4, 0.5) is 11.4 Å². The third-order valence-corrected chi connectivity index (χ3v) is 6.51. The van der Waals surface area contributed by atoms with Crippen molar-refractivity contribution in [1.82, 2.24) is 4.90 Å². The quantitative estimate of drug-likeness (QED) is 0.494. The van der Waals surface area contributed by atoms with E-state index in [1.807, 2.05) is 0 Å². The summed E-state index contributed by atoms with van der Waals surface area (Å²) in [6, 6.07) is 16.0. The average molecular weight is 424 g/mol. The van der Waals surface area contributed by atoms with Crippen LogP contribution in [0.15, 0.2) is 42.5 Å². The number of hydrogen-bond acceptors (Lipinski definition) is 2. The second-order valence-electron chi connectivity index (χ2n) is 8.42. The molecule has 0 fully saturated rings. The zero-order chi connectivity index (χ0) is 21.5. The number of rotatable bonds is 8. The highest BCUT2D eigenvalue weighted by Crippen LogP contribution is 2.29. The second-order valence-corrected chi connectivity index (χ2v) is 8.81. The molecule has 0 radical (unpaired) electrons. The van der Waals surface area contributed by atoms with E-state index >= 15 is 0 Å². The number of fused-ring (bicyclic) bond motifs is 1. The van der Waals surface area contributed by atoms with Crippen molar-refractivity contribution in [3.63, 3.8) is 0 Å². The molecule has 2 aromatic rings. The molecule has 3 rings (SSSR count). The van der Waals surface area contributed by atoms with E-state index < -0.39 is 0 Å². The zero-order valence-corrected chi connectivity index (χ0v) is 19.9. The minimum atomic E-state index is 0.381. The van der Waals surface area contributed by atoms with Gasteiger partial charge in [0.25, 0.3) is 0 Å². The number of nitrogens with zero attached hydrogens (tertiary/aromatic N) is 2. The molecule has 0 aliphatic carbocycles. The number of benzene rings is 2. The first-order valence-electron chi connectivity index (χ1n) is 11.6. The highest BCUT2D eigenvalue weighted by Gasteiger charge is 2.20. The maximum absolute atomic E-state index is 5.86. The van der Waals surface area contributed by atoms with Crippen molar-refractivity contribution in [2.75, 3.05) is 23.3 Å². The molecule has 0 amide bonds. The minimum absolute atomic E-state index is 0.381. The van der Waals surface area contributed by atoms with Gasteiger partial charge in [0.05, 0.1) is 0 Å². The summed E-state index contributed by atoms with van der Waals surface area (Å²) >= 11 is 5.86. The fraction of sp³-hybridized carbons (Fsp3) is 0.500. The molecule has 1 atom stereocenters. The van der Waals surface area contributed by atoms with Gasteiger partial charge in [-0.25, -0.2) is 0 Å². The van der Waals surface area contributed by atoms with Crippen LogP contribution < -0.4 is 10.2 Å². The third-order valence-electron chi connectivity index (χ3n) is 6.18. The van der Waals surface area contributed by atoms with E-state index in [1.54, 1.807) is 0 Å². The fourth-order valence-corrected chi connectivity index (χ4v) is 4.60. The van der Waals surface area contributed by atoms with Gasteiger partial charge in [0.2, 0.25) is 0 Å². The van der Waals surface area contributed by atoms with Crippen molar-refractivity contribution < 1.29 is 0 Å². The SMILES string of the molecule is CCCN1CCCc2cc(CN(C(=S)Nc3cccc(CC)c3)C(C)CC)ccc21. The van der Waals surface area contributed by atoms with Gasteiger partial charge in [-0.05, 0) is 86.1 Å². The Hall–Kier alpha value is -2.07. The summed E-state index contributed by atoms with van der Waals surface area (Å²) in [7, 11) is 0. The Bertz CT molecular complexity index is 848. The summed E-state index contributed by atoms with van der Waals surface area (Å²) in [5.41, 5.74) is 6.67. The van der Waals surface area contributed by atoms with Crippen molar-refractivity contribution >= 4 is 28.7 Å². The topological polar surface area (TPSA) is 18.5 Å². The molecule has 0 saturated heterocycles. The van der Waals surface area contributed by atoms with Crippen LogP contribution in [0.2, 0.25) is 0 Å². The number of thiocarbonyl (C=S) groups is 1. The molecule has 0 bridgehead atoms. The largest absolute Gasteiger partial charge is 0.371 e. The highest BCUT2D eigenvalue weighted by atomic mass is 32.1. The fourth-order valence-electron chi connectivity index (χ4n) is 4.24. The van der Waals surface area contributed by atoms with E-state index in [0.29, 0.717) is 6.04 Å². The Labute approximate surface area is 188 Å². The lowest BCUT2D eigenvalue weighted by Gasteiger charge is -2.34. The highest BCUT2D eigenvalue weighted by molar-refractivity contribution is 7.80. The van der Waals surface area contributed by atoms with Crippen LogP contribution in [0, 0.1) is 0 Å². The molecule has 1 aliphatic rings. The first kappa shape index (κ1) is 22.6. The van der Waals surface area contributed by atoms with Gasteiger partial charge in [-0.15, -0.1) is 0 Å². The van der Waals surface area contributed by atoms with E-state index in [9.17, 15) is 0 Å². The van der Waals surface area contributed by atoms with Gasteiger partial charge >= 0.3 is 0 Å². The smallest absolute Gasteiger partial charge is 0.173 e. The molecule has 1 heterocycles. The van der Waals surface area contributed by atoms with Gasteiger partial charge < -0.3 is 15.1 Å². The van der Waals surface area contributed by atoms with Crippen LogP contribution in [0.3, 0.4) is 0 Å². The van der Waals surface area contributed by atoms with E-state index in [-0.39, 0.29) is 0 Å². The Morgan fingerprint density at radius 2 is 1.97 bits per heavy atom. The first-order valence-corrected chi connectivity index (χ1v) is 12.0. The molecule has 0 saturated carbocycles. The lowest BCUT2D eigenvalue weighted by atomic mass is 9.98. The van der Waals surface area contributed by atoms with E-state index in [4.69, 9.17) is 12.2 Å². The van der Waals surface area contributed by atoms with Crippen LogP contribution in [-0.4, -0.2) is 29.1 Å². The molecule has 0 aromatic heterocycles. The molecule has 1 aliphatic heterocycles. The van der Waals surface area contributed by atoms with E-state index in [1.165, 1.54) is 48.2 Å². The summed E-state index contributed by atoms with van der Waals surface area (Å²) < 4.78 is 0. The van der Waals surface area contributed by atoms with Gasteiger partial charge in [-0.2, -0.15) is 0 Å². The van der Waals surface area contributed by atoms with Crippen molar-refractivity contribution in [2.45, 2.75) is 72.4 Å². The molecule has 3 nitrogen and oxygen atoms in total. The molecule has 162 valence electrons. The molecule has 0 spiro atoms. The Kier molecular flexibility index (Phi) is 8.15. The predicted octanol–water partition coefficient (Wildman–Crippen LogP) is 6.41. The van der Waals surface area contributed by atoms with E-state index in [2.05, 4.69) is 85.3 Å². The number of anilines is 2.